The fourth-order valence-electron chi connectivity index (χ4n) is 0.863. The predicted octanol–water partition coefficient (Wildman–Crippen LogP) is -0.993. The Morgan fingerprint density at radius 2 is 2.27 bits per heavy atom. The summed E-state index contributed by atoms with van der Waals surface area (Å²) in [7, 11) is -3.80. The Kier molecular flexibility index (Phi) is 3.62. The Morgan fingerprint density at radius 3 is 2.87 bits per heavy atom. The van der Waals surface area contributed by atoms with Crippen molar-refractivity contribution >= 4 is 16.0 Å². The van der Waals surface area contributed by atoms with Crippen LogP contribution in [0.15, 0.2) is 18.3 Å². The van der Waals surface area contributed by atoms with Crippen molar-refractivity contribution in [2.75, 3.05) is 11.3 Å². The monoisotopic (exact) mass is 226 g/mol. The highest BCUT2D eigenvalue weighted by molar-refractivity contribution is 7.90. The average molecular weight is 226 g/mol. The SMILES string of the molecule is NCC#Cc1ccnc(NS(N)(=O)=O)c1. The minimum absolute atomic E-state index is 0.126. The molecule has 1 aromatic rings. The molecule has 1 rings (SSSR count). The number of nitrogens with zero attached hydrogens (tertiary/aromatic N) is 1. The van der Waals surface area contributed by atoms with Crippen LogP contribution in [0.5, 0.6) is 0 Å². The summed E-state index contributed by atoms with van der Waals surface area (Å²) in [4.78, 5) is 3.76. The highest BCUT2D eigenvalue weighted by Crippen LogP contribution is 2.05. The van der Waals surface area contributed by atoms with Gasteiger partial charge in [0.25, 0.3) is 10.2 Å². The minimum Gasteiger partial charge on any atom is -0.320 e. The number of pyridine rings is 1. The number of hydrogen-bond donors (Lipinski definition) is 3. The third-order valence-corrected chi connectivity index (χ3v) is 1.84. The van der Waals surface area contributed by atoms with Crippen LogP contribution in [0.4, 0.5) is 5.82 Å². The molecule has 0 spiro atoms. The summed E-state index contributed by atoms with van der Waals surface area (Å²) in [5.41, 5.74) is 5.81. The van der Waals surface area contributed by atoms with Crippen LogP contribution in [0.1, 0.15) is 5.56 Å². The Morgan fingerprint density at radius 1 is 1.53 bits per heavy atom. The van der Waals surface area contributed by atoms with Crippen molar-refractivity contribution in [3.63, 3.8) is 0 Å². The molecule has 0 unspecified atom stereocenters. The Hall–Kier alpha value is -1.62. The highest BCUT2D eigenvalue weighted by Gasteiger charge is 2.02. The van der Waals surface area contributed by atoms with Gasteiger partial charge in [-0.2, -0.15) is 8.42 Å². The second kappa shape index (κ2) is 4.75. The average Bonchev–Trinajstić information content (AvgIpc) is 2.12. The topological polar surface area (TPSA) is 111 Å². The van der Waals surface area contributed by atoms with E-state index in [9.17, 15) is 8.42 Å². The molecule has 80 valence electrons. The maximum atomic E-state index is 10.7. The second-order valence-electron chi connectivity index (χ2n) is 2.58. The molecular formula is C8H10N4O2S. The Balaban J connectivity index is 2.93. The molecule has 0 bridgehead atoms. The third-order valence-electron chi connectivity index (χ3n) is 1.34. The molecule has 0 aliphatic rings. The van der Waals surface area contributed by atoms with Crippen LogP contribution in [0.25, 0.3) is 0 Å². The number of nitrogens with one attached hydrogen (secondary N) is 1. The Labute approximate surface area is 87.9 Å². The van der Waals surface area contributed by atoms with E-state index < -0.39 is 10.2 Å². The minimum atomic E-state index is -3.80. The molecule has 6 nitrogen and oxygen atoms in total. The Bertz CT molecular complexity index is 501. The van der Waals surface area contributed by atoms with E-state index >= 15 is 0 Å². The largest absolute Gasteiger partial charge is 0.320 e. The van der Waals surface area contributed by atoms with Gasteiger partial charge in [0.1, 0.15) is 5.82 Å². The lowest BCUT2D eigenvalue weighted by Gasteiger charge is -2.01. The van der Waals surface area contributed by atoms with Gasteiger partial charge in [-0.15, -0.1) is 0 Å². The summed E-state index contributed by atoms with van der Waals surface area (Å²) < 4.78 is 23.4. The number of nitrogens with two attached hydrogens (primary N) is 2. The van der Waals surface area contributed by atoms with Gasteiger partial charge in [0.2, 0.25) is 0 Å². The van der Waals surface area contributed by atoms with E-state index in [1.807, 2.05) is 4.72 Å². The van der Waals surface area contributed by atoms with Crippen molar-refractivity contribution in [1.29, 1.82) is 0 Å². The lowest BCUT2D eigenvalue weighted by molar-refractivity contribution is 0.602. The van der Waals surface area contributed by atoms with Crippen molar-refractivity contribution in [2.24, 2.45) is 10.9 Å². The fourth-order valence-corrected chi connectivity index (χ4v) is 1.27. The van der Waals surface area contributed by atoms with Crippen LogP contribution in [0.3, 0.4) is 0 Å². The molecular weight excluding hydrogens is 216 g/mol. The van der Waals surface area contributed by atoms with Crippen LogP contribution >= 0.6 is 0 Å². The van der Waals surface area contributed by atoms with Gasteiger partial charge in [0.05, 0.1) is 6.54 Å². The zero-order valence-corrected chi connectivity index (χ0v) is 8.58. The standard InChI is InChI=1S/C8H10N4O2S/c9-4-1-2-7-3-5-11-8(6-7)12-15(10,13)14/h3,5-6H,4,9H2,(H,11,12)(H2,10,13,14). The van der Waals surface area contributed by atoms with Gasteiger partial charge in [0.15, 0.2) is 0 Å². The molecule has 0 saturated carbocycles. The fraction of sp³-hybridized carbons (Fsp3) is 0.125. The smallest absolute Gasteiger partial charge is 0.297 e. The van der Waals surface area contributed by atoms with Crippen LogP contribution in [0, 0.1) is 11.8 Å². The first-order chi connectivity index (χ1) is 7.01. The first-order valence-electron chi connectivity index (χ1n) is 3.97. The first-order valence-corrected chi connectivity index (χ1v) is 5.51. The van der Waals surface area contributed by atoms with Gasteiger partial charge in [-0.25, -0.2) is 10.1 Å². The molecule has 5 N–H and O–H groups in total. The third kappa shape index (κ3) is 4.42. The predicted molar refractivity (Wildman–Crippen MR) is 56.9 cm³/mol. The summed E-state index contributed by atoms with van der Waals surface area (Å²) in [6.45, 7) is 0.236. The lowest BCUT2D eigenvalue weighted by atomic mass is 10.2. The van der Waals surface area contributed by atoms with E-state index in [0.29, 0.717) is 5.56 Å². The van der Waals surface area contributed by atoms with E-state index in [4.69, 9.17) is 10.9 Å². The molecule has 0 fully saturated rings. The van der Waals surface area contributed by atoms with Gasteiger partial charge in [-0.3, -0.25) is 4.72 Å². The maximum absolute atomic E-state index is 10.7. The van der Waals surface area contributed by atoms with Crippen molar-refractivity contribution in [2.45, 2.75) is 0 Å². The zero-order chi connectivity index (χ0) is 11.3. The van der Waals surface area contributed by atoms with Crippen molar-refractivity contribution < 1.29 is 8.42 Å². The van der Waals surface area contributed by atoms with Crippen LogP contribution in [-0.4, -0.2) is 19.9 Å². The summed E-state index contributed by atoms with van der Waals surface area (Å²) >= 11 is 0. The van der Waals surface area contributed by atoms with Gasteiger partial charge in [-0.05, 0) is 12.1 Å². The van der Waals surface area contributed by atoms with Crippen LogP contribution in [-0.2, 0) is 10.2 Å². The summed E-state index contributed by atoms with van der Waals surface area (Å²) in [5.74, 6) is 5.50. The summed E-state index contributed by atoms with van der Waals surface area (Å²) in [6, 6.07) is 3.10. The van der Waals surface area contributed by atoms with E-state index in [-0.39, 0.29) is 12.4 Å². The van der Waals surface area contributed by atoms with Crippen molar-refractivity contribution in [3.8, 4) is 11.8 Å². The zero-order valence-electron chi connectivity index (χ0n) is 7.77. The number of anilines is 1. The molecule has 0 aliphatic carbocycles. The highest BCUT2D eigenvalue weighted by atomic mass is 32.2. The molecule has 15 heavy (non-hydrogen) atoms. The first kappa shape index (κ1) is 11.5. The van der Waals surface area contributed by atoms with E-state index in [1.54, 1.807) is 6.07 Å². The molecule has 0 aromatic carbocycles. The quantitative estimate of drug-likeness (QED) is 0.562. The van der Waals surface area contributed by atoms with E-state index in [1.165, 1.54) is 12.3 Å². The normalized spacial score (nSPS) is 10.3. The molecule has 1 aromatic heterocycles. The number of hydrogen-bond acceptors (Lipinski definition) is 4. The molecule has 0 radical (unpaired) electrons. The van der Waals surface area contributed by atoms with E-state index in [0.717, 1.165) is 0 Å². The van der Waals surface area contributed by atoms with Crippen LogP contribution < -0.4 is 15.6 Å². The number of rotatable bonds is 2. The van der Waals surface area contributed by atoms with Crippen molar-refractivity contribution in [1.82, 2.24) is 4.98 Å². The molecule has 0 amide bonds. The second-order valence-corrected chi connectivity index (χ2v) is 3.88. The van der Waals surface area contributed by atoms with Gasteiger partial charge in [0, 0.05) is 11.8 Å². The molecule has 0 saturated heterocycles. The van der Waals surface area contributed by atoms with Gasteiger partial charge < -0.3 is 5.73 Å². The summed E-state index contributed by atoms with van der Waals surface area (Å²) in [6.07, 6.45) is 1.42. The molecule has 1 heterocycles. The maximum Gasteiger partial charge on any atom is 0.297 e. The molecule has 0 atom stereocenters. The van der Waals surface area contributed by atoms with Crippen LogP contribution in [0.2, 0.25) is 0 Å². The van der Waals surface area contributed by atoms with Crippen molar-refractivity contribution in [3.05, 3.63) is 23.9 Å². The number of aromatic nitrogens is 1. The lowest BCUT2D eigenvalue weighted by Crippen LogP contribution is -2.22. The van der Waals surface area contributed by atoms with E-state index in [2.05, 4.69) is 16.8 Å². The molecule has 0 aliphatic heterocycles. The molecule has 7 heteroatoms. The summed E-state index contributed by atoms with van der Waals surface area (Å²) in [5, 5.41) is 4.78. The van der Waals surface area contributed by atoms with Gasteiger partial charge in [-0.1, -0.05) is 11.8 Å². The van der Waals surface area contributed by atoms with Gasteiger partial charge >= 0.3 is 0 Å².